The highest BCUT2D eigenvalue weighted by Gasteiger charge is 2.20. The average Bonchev–Trinajstić information content (AvgIpc) is 2.67. The second-order valence-corrected chi connectivity index (χ2v) is 6.48. The topological polar surface area (TPSA) is 40.6 Å². The van der Waals surface area contributed by atoms with Gasteiger partial charge >= 0.3 is 0 Å². The molecule has 1 aliphatic rings. The fourth-order valence-corrected chi connectivity index (χ4v) is 3.22. The minimum atomic E-state index is 0.0444. The summed E-state index contributed by atoms with van der Waals surface area (Å²) in [5.74, 6) is 0.188. The molecule has 130 valence electrons. The van der Waals surface area contributed by atoms with Crippen molar-refractivity contribution in [2.75, 3.05) is 18.5 Å². The molecule has 0 unspecified atom stereocenters. The van der Waals surface area contributed by atoms with E-state index in [-0.39, 0.29) is 11.8 Å². The van der Waals surface area contributed by atoms with Crippen molar-refractivity contribution >= 4 is 17.5 Å². The maximum Gasteiger partial charge on any atom is 0.226 e. The number of hydrogen-bond donors (Lipinski definition) is 0. The molecule has 0 fully saturated rings. The first kappa shape index (κ1) is 17.2. The number of nitrogens with zero attached hydrogens (tertiary/aromatic N) is 2. The Bertz CT molecular complexity index is 743. The second-order valence-electron chi connectivity index (χ2n) is 6.48. The van der Waals surface area contributed by atoms with Crippen LogP contribution in [0, 0.1) is 0 Å². The third kappa shape index (κ3) is 4.27. The number of amides is 2. The van der Waals surface area contributed by atoms with E-state index < -0.39 is 0 Å². The normalized spacial score (nSPS) is 13.2. The largest absolute Gasteiger partial charge is 0.338 e. The monoisotopic (exact) mass is 336 g/mol. The van der Waals surface area contributed by atoms with Crippen molar-refractivity contribution in [1.82, 2.24) is 4.90 Å². The number of anilines is 1. The van der Waals surface area contributed by atoms with Crippen molar-refractivity contribution in [1.29, 1.82) is 0 Å². The van der Waals surface area contributed by atoms with Crippen LogP contribution in [0.2, 0.25) is 0 Å². The standard InChI is InChI=1S/C21H24N2O2/c1-22(19-10-3-2-4-11-19)20(24)12-7-13-21(25)23-15-14-17-8-5-6-9-18(17)16-23/h2-6,8-11H,7,12-16H2,1H3. The van der Waals surface area contributed by atoms with Gasteiger partial charge in [-0.25, -0.2) is 0 Å². The van der Waals surface area contributed by atoms with Gasteiger partial charge in [-0.05, 0) is 36.1 Å². The van der Waals surface area contributed by atoms with Gasteiger partial charge in [0.1, 0.15) is 0 Å². The molecule has 2 aromatic carbocycles. The summed E-state index contributed by atoms with van der Waals surface area (Å²) in [6.45, 7) is 1.46. The third-order valence-corrected chi connectivity index (χ3v) is 4.78. The van der Waals surface area contributed by atoms with Gasteiger partial charge in [0.15, 0.2) is 0 Å². The third-order valence-electron chi connectivity index (χ3n) is 4.78. The van der Waals surface area contributed by atoms with Gasteiger partial charge in [0, 0.05) is 38.7 Å². The van der Waals surface area contributed by atoms with E-state index in [9.17, 15) is 9.59 Å². The van der Waals surface area contributed by atoms with Crippen molar-refractivity contribution in [2.24, 2.45) is 0 Å². The maximum atomic E-state index is 12.4. The van der Waals surface area contributed by atoms with Crippen LogP contribution in [0.15, 0.2) is 54.6 Å². The van der Waals surface area contributed by atoms with E-state index in [1.54, 1.807) is 11.9 Å². The second kappa shape index (κ2) is 7.97. The minimum Gasteiger partial charge on any atom is -0.338 e. The Morgan fingerprint density at radius 1 is 0.960 bits per heavy atom. The van der Waals surface area contributed by atoms with Crippen LogP contribution in [0.4, 0.5) is 5.69 Å². The molecule has 0 saturated carbocycles. The molecule has 0 atom stereocenters. The molecular formula is C21H24N2O2. The van der Waals surface area contributed by atoms with E-state index in [2.05, 4.69) is 12.1 Å². The lowest BCUT2D eigenvalue weighted by Crippen LogP contribution is -2.36. The highest BCUT2D eigenvalue weighted by Crippen LogP contribution is 2.20. The Morgan fingerprint density at radius 3 is 2.40 bits per heavy atom. The quantitative estimate of drug-likeness (QED) is 0.839. The molecule has 0 bridgehead atoms. The van der Waals surface area contributed by atoms with E-state index >= 15 is 0 Å². The van der Waals surface area contributed by atoms with Crippen LogP contribution in [0.3, 0.4) is 0 Å². The zero-order chi connectivity index (χ0) is 17.6. The Kier molecular flexibility index (Phi) is 5.49. The number of benzene rings is 2. The molecule has 4 nitrogen and oxygen atoms in total. The molecule has 1 heterocycles. The number of para-hydroxylation sites is 1. The first-order valence-electron chi connectivity index (χ1n) is 8.81. The van der Waals surface area contributed by atoms with E-state index in [1.165, 1.54) is 11.1 Å². The van der Waals surface area contributed by atoms with Crippen molar-refractivity contribution in [3.63, 3.8) is 0 Å². The predicted molar refractivity (Wildman–Crippen MR) is 99.3 cm³/mol. The van der Waals surface area contributed by atoms with E-state index in [0.29, 0.717) is 25.8 Å². The molecule has 0 radical (unpaired) electrons. The molecule has 25 heavy (non-hydrogen) atoms. The molecular weight excluding hydrogens is 312 g/mol. The number of fused-ring (bicyclic) bond motifs is 1. The molecule has 0 aromatic heterocycles. The van der Waals surface area contributed by atoms with Gasteiger partial charge in [-0.2, -0.15) is 0 Å². The lowest BCUT2D eigenvalue weighted by molar-refractivity contribution is -0.132. The van der Waals surface area contributed by atoms with Crippen LogP contribution in [0.5, 0.6) is 0 Å². The number of carbonyl (C=O) groups excluding carboxylic acids is 2. The summed E-state index contributed by atoms with van der Waals surface area (Å²) >= 11 is 0. The predicted octanol–water partition coefficient (Wildman–Crippen LogP) is 3.40. The van der Waals surface area contributed by atoms with Crippen molar-refractivity contribution in [2.45, 2.75) is 32.2 Å². The summed E-state index contributed by atoms with van der Waals surface area (Å²) in [5.41, 5.74) is 3.46. The smallest absolute Gasteiger partial charge is 0.226 e. The summed E-state index contributed by atoms with van der Waals surface area (Å²) in [7, 11) is 1.78. The van der Waals surface area contributed by atoms with E-state index in [4.69, 9.17) is 0 Å². The highest BCUT2D eigenvalue weighted by molar-refractivity contribution is 5.93. The highest BCUT2D eigenvalue weighted by atomic mass is 16.2. The van der Waals surface area contributed by atoms with Gasteiger partial charge in [-0.3, -0.25) is 9.59 Å². The van der Waals surface area contributed by atoms with E-state index in [0.717, 1.165) is 18.7 Å². The van der Waals surface area contributed by atoms with E-state index in [1.807, 2.05) is 47.4 Å². The molecule has 0 aliphatic carbocycles. The maximum absolute atomic E-state index is 12.4. The van der Waals surface area contributed by atoms with Crippen LogP contribution in [-0.2, 0) is 22.6 Å². The van der Waals surface area contributed by atoms with Gasteiger partial charge in [-0.15, -0.1) is 0 Å². The summed E-state index contributed by atoms with van der Waals surface area (Å²) in [6.07, 6.45) is 2.32. The summed E-state index contributed by atoms with van der Waals surface area (Å²) < 4.78 is 0. The molecule has 3 rings (SSSR count). The molecule has 0 spiro atoms. The summed E-state index contributed by atoms with van der Waals surface area (Å²) in [4.78, 5) is 28.3. The van der Waals surface area contributed by atoms with Crippen LogP contribution < -0.4 is 4.90 Å². The Morgan fingerprint density at radius 2 is 1.64 bits per heavy atom. The van der Waals surface area contributed by atoms with Crippen molar-refractivity contribution in [3.8, 4) is 0 Å². The number of hydrogen-bond acceptors (Lipinski definition) is 2. The summed E-state index contributed by atoms with van der Waals surface area (Å²) in [6, 6.07) is 17.9. The Labute approximate surface area is 149 Å². The average molecular weight is 336 g/mol. The Balaban J connectivity index is 1.46. The van der Waals surface area contributed by atoms with Crippen molar-refractivity contribution < 1.29 is 9.59 Å². The van der Waals surface area contributed by atoms with Crippen LogP contribution >= 0.6 is 0 Å². The molecule has 4 heteroatoms. The molecule has 2 aromatic rings. The van der Waals surface area contributed by atoms with Crippen LogP contribution in [0.1, 0.15) is 30.4 Å². The zero-order valence-electron chi connectivity index (χ0n) is 14.6. The molecule has 2 amide bonds. The molecule has 0 saturated heterocycles. The van der Waals surface area contributed by atoms with Gasteiger partial charge < -0.3 is 9.80 Å². The summed E-state index contributed by atoms with van der Waals surface area (Å²) in [5, 5.41) is 0. The number of carbonyl (C=O) groups is 2. The lowest BCUT2D eigenvalue weighted by Gasteiger charge is -2.29. The lowest BCUT2D eigenvalue weighted by atomic mass is 9.99. The minimum absolute atomic E-state index is 0.0444. The first-order valence-corrected chi connectivity index (χ1v) is 8.81. The van der Waals surface area contributed by atoms with Gasteiger partial charge in [0.2, 0.25) is 11.8 Å². The van der Waals surface area contributed by atoms with Gasteiger partial charge in [0.05, 0.1) is 0 Å². The van der Waals surface area contributed by atoms with Crippen LogP contribution in [-0.4, -0.2) is 30.3 Å². The Hall–Kier alpha value is -2.62. The van der Waals surface area contributed by atoms with Gasteiger partial charge in [0.25, 0.3) is 0 Å². The van der Waals surface area contributed by atoms with Crippen molar-refractivity contribution in [3.05, 3.63) is 65.7 Å². The molecule has 0 N–H and O–H groups in total. The fourth-order valence-electron chi connectivity index (χ4n) is 3.22. The fraction of sp³-hybridized carbons (Fsp3) is 0.333. The van der Waals surface area contributed by atoms with Gasteiger partial charge in [-0.1, -0.05) is 42.5 Å². The molecule has 1 aliphatic heterocycles. The SMILES string of the molecule is CN(C(=O)CCCC(=O)N1CCc2ccccc2C1)c1ccccc1. The first-order chi connectivity index (χ1) is 12.1. The van der Waals surface area contributed by atoms with Crippen LogP contribution in [0.25, 0.3) is 0 Å². The zero-order valence-corrected chi connectivity index (χ0v) is 14.6. The number of rotatable bonds is 5.